The molecule has 0 heterocycles. The van der Waals surface area contributed by atoms with Crippen LogP contribution >= 0.6 is 0 Å². The van der Waals surface area contributed by atoms with Crippen molar-refractivity contribution in [2.24, 2.45) is 11.3 Å². The molecule has 0 aliphatic carbocycles. The molecule has 82 valence electrons. The van der Waals surface area contributed by atoms with E-state index in [2.05, 4.69) is 19.9 Å². The van der Waals surface area contributed by atoms with E-state index in [1.165, 1.54) is 0 Å². The second-order valence-electron chi connectivity index (χ2n) is 4.78. The summed E-state index contributed by atoms with van der Waals surface area (Å²) < 4.78 is 11.7. The predicted molar refractivity (Wildman–Crippen MR) is 61.3 cm³/mol. The van der Waals surface area contributed by atoms with E-state index in [1.807, 2.05) is 20.8 Å². The van der Waals surface area contributed by atoms with Crippen LogP contribution in [0.3, 0.4) is 0 Å². The zero-order valence-electron chi connectivity index (χ0n) is 9.83. The Balaban J connectivity index is 4.05. The summed E-state index contributed by atoms with van der Waals surface area (Å²) in [5, 5.41) is 9.03. The van der Waals surface area contributed by atoms with Gasteiger partial charge in [0.2, 0.25) is 0 Å². The molecule has 0 spiro atoms. The highest BCUT2D eigenvalue weighted by atomic mass is 32.2. The fourth-order valence-electron chi connectivity index (χ4n) is 0.901. The van der Waals surface area contributed by atoms with E-state index in [4.69, 9.17) is 5.26 Å². The summed E-state index contributed by atoms with van der Waals surface area (Å²) in [4.78, 5) is 0. The van der Waals surface area contributed by atoms with Gasteiger partial charge in [-0.25, -0.2) is 0 Å². The van der Waals surface area contributed by atoms with Crippen molar-refractivity contribution in [1.29, 1.82) is 5.26 Å². The summed E-state index contributed by atoms with van der Waals surface area (Å²) in [6.45, 7) is 9.96. The van der Waals surface area contributed by atoms with Gasteiger partial charge in [0, 0.05) is 21.8 Å². The minimum Gasteiger partial charge on any atom is -0.259 e. The highest BCUT2D eigenvalue weighted by Crippen LogP contribution is 2.20. The maximum Gasteiger partial charge on any atom is 0.0684 e. The fraction of sp³-hybridized carbons (Fsp3) is 0.909. The van der Waals surface area contributed by atoms with Gasteiger partial charge in [-0.1, -0.05) is 20.8 Å². The van der Waals surface area contributed by atoms with Crippen molar-refractivity contribution in [1.82, 2.24) is 0 Å². The molecule has 2 unspecified atom stereocenters. The van der Waals surface area contributed by atoms with Crippen LogP contribution in [0.4, 0.5) is 0 Å². The Morgan fingerprint density at radius 3 is 2.21 bits per heavy atom. The lowest BCUT2D eigenvalue weighted by Crippen LogP contribution is -2.22. The van der Waals surface area contributed by atoms with E-state index in [0.29, 0.717) is 18.1 Å². The fourth-order valence-corrected chi connectivity index (χ4v) is 2.59. The van der Waals surface area contributed by atoms with Gasteiger partial charge in [0.25, 0.3) is 0 Å². The maximum atomic E-state index is 11.7. The summed E-state index contributed by atoms with van der Waals surface area (Å²) in [6.07, 6.45) is 0.715. The quantitative estimate of drug-likeness (QED) is 0.707. The Bertz CT molecular complexity index is 240. The molecule has 0 fully saturated rings. The Morgan fingerprint density at radius 1 is 1.36 bits per heavy atom. The number of nitriles is 1. The van der Waals surface area contributed by atoms with Crippen LogP contribution in [0.2, 0.25) is 0 Å². The first-order chi connectivity index (χ1) is 6.30. The van der Waals surface area contributed by atoms with Gasteiger partial charge in [-0.3, -0.25) is 4.21 Å². The van der Waals surface area contributed by atoms with Gasteiger partial charge in [0.1, 0.15) is 0 Å². The molecule has 0 aliphatic heterocycles. The summed E-state index contributed by atoms with van der Waals surface area (Å²) in [6, 6.07) is 2.23. The molecular weight excluding hydrogens is 194 g/mol. The molecule has 0 aromatic heterocycles. The van der Waals surface area contributed by atoms with Crippen molar-refractivity contribution in [2.75, 3.05) is 5.75 Å². The molecule has 0 radical (unpaired) electrons. The van der Waals surface area contributed by atoms with E-state index in [0.717, 1.165) is 0 Å². The number of nitrogens with zero attached hydrogens (tertiary/aromatic N) is 1. The largest absolute Gasteiger partial charge is 0.259 e. The third-order valence-electron chi connectivity index (χ3n) is 2.58. The maximum absolute atomic E-state index is 11.7. The Kier molecular flexibility index (Phi) is 5.36. The lowest BCUT2D eigenvalue weighted by atomic mass is 9.93. The Morgan fingerprint density at radius 2 is 1.86 bits per heavy atom. The summed E-state index contributed by atoms with van der Waals surface area (Å²) in [5.41, 5.74) is -0.341. The normalized spacial score (nSPS) is 16.4. The van der Waals surface area contributed by atoms with Crippen LogP contribution in [0, 0.1) is 22.7 Å². The molecule has 0 rings (SSSR count). The number of rotatable bonds is 5. The minimum atomic E-state index is -0.794. The molecule has 0 aromatic carbocycles. The second kappa shape index (κ2) is 5.50. The Labute approximate surface area is 90.2 Å². The van der Waals surface area contributed by atoms with E-state index >= 15 is 0 Å². The van der Waals surface area contributed by atoms with Crippen LogP contribution in [0.1, 0.15) is 41.0 Å². The van der Waals surface area contributed by atoms with Crippen molar-refractivity contribution in [2.45, 2.75) is 46.3 Å². The second-order valence-corrected chi connectivity index (χ2v) is 6.69. The molecule has 2 atom stereocenters. The molecule has 3 heteroatoms. The van der Waals surface area contributed by atoms with Gasteiger partial charge in [-0.15, -0.1) is 0 Å². The van der Waals surface area contributed by atoms with Gasteiger partial charge in [-0.2, -0.15) is 5.26 Å². The van der Waals surface area contributed by atoms with Crippen molar-refractivity contribution in [3.63, 3.8) is 0 Å². The van der Waals surface area contributed by atoms with E-state index in [1.54, 1.807) is 0 Å². The highest BCUT2D eigenvalue weighted by Gasteiger charge is 2.21. The summed E-state index contributed by atoms with van der Waals surface area (Å²) in [5.74, 6) is 1.08. The molecule has 14 heavy (non-hydrogen) atoms. The Hall–Kier alpha value is -0.360. The number of hydrogen-bond acceptors (Lipinski definition) is 2. The van der Waals surface area contributed by atoms with Crippen molar-refractivity contribution < 1.29 is 4.21 Å². The smallest absolute Gasteiger partial charge is 0.0684 e. The molecule has 0 bridgehead atoms. The molecule has 0 amide bonds. The van der Waals surface area contributed by atoms with Crippen LogP contribution in [0.5, 0.6) is 0 Å². The van der Waals surface area contributed by atoms with E-state index in [-0.39, 0.29) is 10.7 Å². The third kappa shape index (κ3) is 4.76. The molecule has 0 N–H and O–H groups in total. The van der Waals surface area contributed by atoms with Crippen molar-refractivity contribution in [3.8, 4) is 6.07 Å². The highest BCUT2D eigenvalue weighted by molar-refractivity contribution is 7.85. The summed E-state index contributed by atoms with van der Waals surface area (Å²) >= 11 is 0. The zero-order chi connectivity index (χ0) is 11.4. The summed E-state index contributed by atoms with van der Waals surface area (Å²) in [7, 11) is -0.794. The lowest BCUT2D eigenvalue weighted by molar-refractivity contribution is 0.477. The minimum absolute atomic E-state index is 0.226. The average Bonchev–Trinajstić information content (AvgIpc) is 2.13. The van der Waals surface area contributed by atoms with Gasteiger partial charge in [0.05, 0.1) is 11.5 Å². The lowest BCUT2D eigenvalue weighted by Gasteiger charge is -2.18. The van der Waals surface area contributed by atoms with Crippen LogP contribution in [0.25, 0.3) is 0 Å². The third-order valence-corrected chi connectivity index (χ3v) is 4.56. The molecule has 0 saturated carbocycles. The van der Waals surface area contributed by atoms with E-state index in [9.17, 15) is 4.21 Å². The standard InChI is InChI=1S/C11H21NOS/c1-9(2)10(3)14(13)7-6-11(4,5)8-12/h9-10H,6-7H2,1-5H3. The molecule has 2 nitrogen and oxygen atoms in total. The average molecular weight is 215 g/mol. The van der Waals surface area contributed by atoms with Crippen LogP contribution in [-0.2, 0) is 10.8 Å². The molecule has 0 aliphatic rings. The molecular formula is C11H21NOS. The van der Waals surface area contributed by atoms with E-state index < -0.39 is 10.8 Å². The first kappa shape index (κ1) is 13.6. The van der Waals surface area contributed by atoms with Crippen molar-refractivity contribution in [3.05, 3.63) is 0 Å². The number of hydrogen-bond donors (Lipinski definition) is 0. The van der Waals surface area contributed by atoms with Gasteiger partial charge < -0.3 is 0 Å². The van der Waals surface area contributed by atoms with Crippen LogP contribution in [0.15, 0.2) is 0 Å². The zero-order valence-corrected chi connectivity index (χ0v) is 10.6. The SMILES string of the molecule is CC(C)C(C)S(=O)CCC(C)(C)C#N. The van der Waals surface area contributed by atoms with Crippen molar-refractivity contribution >= 4 is 10.8 Å². The predicted octanol–water partition coefficient (Wildman–Crippen LogP) is 2.72. The topological polar surface area (TPSA) is 40.9 Å². The first-order valence-electron chi connectivity index (χ1n) is 5.08. The first-order valence-corrected chi connectivity index (χ1v) is 6.47. The van der Waals surface area contributed by atoms with Gasteiger partial charge in [0.15, 0.2) is 0 Å². The van der Waals surface area contributed by atoms with Gasteiger partial charge >= 0.3 is 0 Å². The molecule has 0 saturated heterocycles. The molecule has 0 aromatic rings. The van der Waals surface area contributed by atoms with Gasteiger partial charge in [-0.05, 0) is 26.2 Å². The monoisotopic (exact) mass is 215 g/mol. The van der Waals surface area contributed by atoms with Crippen LogP contribution < -0.4 is 0 Å². The van der Waals surface area contributed by atoms with Crippen LogP contribution in [-0.4, -0.2) is 15.2 Å².